The number of nitrogens with one attached hydrogen (secondary N) is 1. The van der Waals surface area contributed by atoms with Gasteiger partial charge in [0, 0.05) is 0 Å². The number of phenols is 1. The standard InChI is InChI=1S/C10H11Cl2NO5S/c1-2-18-9(14)5-19(16,17)13-6-3-7(11)10(15)8(12)4-6/h3-4,13,15H,2,5H2,1H3. The maximum atomic E-state index is 11.6. The van der Waals surface area contributed by atoms with Crippen LogP contribution in [0.1, 0.15) is 6.92 Å². The predicted molar refractivity (Wildman–Crippen MR) is 72.2 cm³/mol. The van der Waals surface area contributed by atoms with Gasteiger partial charge in [-0.15, -0.1) is 0 Å². The summed E-state index contributed by atoms with van der Waals surface area (Å²) in [6.45, 7) is 1.66. The number of phenolic OH excluding ortho intramolecular Hbond substituents is 1. The number of esters is 1. The molecule has 0 unspecified atom stereocenters. The Hall–Kier alpha value is -1.18. The van der Waals surface area contributed by atoms with Gasteiger partial charge in [0.1, 0.15) is 0 Å². The van der Waals surface area contributed by atoms with Crippen LogP contribution in [0, 0.1) is 0 Å². The molecule has 0 heterocycles. The minimum absolute atomic E-state index is 0.0390. The van der Waals surface area contributed by atoms with E-state index < -0.39 is 21.7 Å². The Labute approximate surface area is 120 Å². The third kappa shape index (κ3) is 4.77. The van der Waals surface area contributed by atoms with Crippen molar-refractivity contribution in [1.29, 1.82) is 0 Å². The van der Waals surface area contributed by atoms with Crippen LogP contribution < -0.4 is 4.72 Å². The van der Waals surface area contributed by atoms with Gasteiger partial charge < -0.3 is 9.84 Å². The Morgan fingerprint density at radius 3 is 2.37 bits per heavy atom. The normalized spacial score (nSPS) is 11.1. The molecule has 0 bridgehead atoms. The molecular formula is C10H11Cl2NO5S. The van der Waals surface area contributed by atoms with E-state index in [-0.39, 0.29) is 28.1 Å². The Kier molecular flexibility index (Phi) is 5.28. The Morgan fingerprint density at radius 2 is 1.89 bits per heavy atom. The molecule has 0 fully saturated rings. The van der Waals surface area contributed by atoms with Crippen molar-refractivity contribution in [3.63, 3.8) is 0 Å². The van der Waals surface area contributed by atoms with Gasteiger partial charge in [-0.3, -0.25) is 9.52 Å². The first-order valence-corrected chi connectivity index (χ1v) is 7.50. The second kappa shape index (κ2) is 6.31. The summed E-state index contributed by atoms with van der Waals surface area (Å²) in [5, 5.41) is 9.11. The summed E-state index contributed by atoms with van der Waals surface area (Å²) in [7, 11) is -3.93. The molecule has 0 saturated carbocycles. The van der Waals surface area contributed by atoms with Crippen molar-refractivity contribution in [3.05, 3.63) is 22.2 Å². The summed E-state index contributed by atoms with van der Waals surface area (Å²) in [6, 6.07) is 2.34. The average molecular weight is 328 g/mol. The summed E-state index contributed by atoms with van der Waals surface area (Å²) in [6.07, 6.45) is 0. The highest BCUT2D eigenvalue weighted by molar-refractivity contribution is 7.93. The van der Waals surface area contributed by atoms with E-state index in [1.807, 2.05) is 0 Å². The van der Waals surface area contributed by atoms with Crippen molar-refractivity contribution < 1.29 is 23.1 Å². The molecule has 0 atom stereocenters. The molecule has 6 nitrogen and oxygen atoms in total. The summed E-state index contributed by atoms with van der Waals surface area (Å²) >= 11 is 11.3. The van der Waals surface area contributed by atoms with Gasteiger partial charge >= 0.3 is 5.97 Å². The number of hydrogen-bond donors (Lipinski definition) is 2. The molecule has 19 heavy (non-hydrogen) atoms. The van der Waals surface area contributed by atoms with E-state index in [4.69, 9.17) is 23.2 Å². The number of carbonyl (C=O) groups is 1. The first kappa shape index (κ1) is 15.9. The van der Waals surface area contributed by atoms with Gasteiger partial charge in [-0.25, -0.2) is 8.42 Å². The summed E-state index contributed by atoms with van der Waals surface area (Å²) in [5.74, 6) is -2.04. The third-order valence-electron chi connectivity index (χ3n) is 1.90. The number of sulfonamides is 1. The zero-order valence-electron chi connectivity index (χ0n) is 9.81. The van der Waals surface area contributed by atoms with Crippen LogP contribution in [0.3, 0.4) is 0 Å². The highest BCUT2D eigenvalue weighted by atomic mass is 35.5. The Morgan fingerprint density at radius 1 is 1.37 bits per heavy atom. The van der Waals surface area contributed by atoms with Crippen molar-refractivity contribution in [2.24, 2.45) is 0 Å². The molecule has 1 rings (SSSR count). The van der Waals surface area contributed by atoms with E-state index in [1.165, 1.54) is 12.1 Å². The molecule has 0 aliphatic rings. The van der Waals surface area contributed by atoms with Crippen molar-refractivity contribution in [2.75, 3.05) is 17.1 Å². The monoisotopic (exact) mass is 327 g/mol. The van der Waals surface area contributed by atoms with E-state index in [0.29, 0.717) is 0 Å². The van der Waals surface area contributed by atoms with Gasteiger partial charge in [-0.05, 0) is 19.1 Å². The Bertz CT molecular complexity index is 565. The van der Waals surface area contributed by atoms with E-state index in [2.05, 4.69) is 9.46 Å². The van der Waals surface area contributed by atoms with Crippen molar-refractivity contribution in [2.45, 2.75) is 6.92 Å². The second-order valence-electron chi connectivity index (χ2n) is 3.45. The lowest BCUT2D eigenvalue weighted by molar-refractivity contribution is -0.139. The van der Waals surface area contributed by atoms with Gasteiger partial charge in [0.2, 0.25) is 10.0 Å². The first-order valence-electron chi connectivity index (χ1n) is 5.09. The summed E-state index contributed by atoms with van der Waals surface area (Å²) in [5.41, 5.74) is 0.0390. The highest BCUT2D eigenvalue weighted by Crippen LogP contribution is 2.34. The molecule has 0 radical (unpaired) electrons. The number of rotatable bonds is 5. The number of anilines is 1. The summed E-state index contributed by atoms with van der Waals surface area (Å²) in [4.78, 5) is 11.1. The van der Waals surface area contributed by atoms with Crippen LogP contribution in [0.5, 0.6) is 5.75 Å². The minimum atomic E-state index is -3.93. The maximum Gasteiger partial charge on any atom is 0.323 e. The maximum absolute atomic E-state index is 11.6. The zero-order chi connectivity index (χ0) is 14.6. The molecule has 0 aliphatic carbocycles. The van der Waals surface area contributed by atoms with Gasteiger partial charge in [0.25, 0.3) is 0 Å². The number of ether oxygens (including phenoxy) is 1. The molecular weight excluding hydrogens is 317 g/mol. The van der Waals surface area contributed by atoms with E-state index in [1.54, 1.807) is 6.92 Å². The number of benzene rings is 1. The van der Waals surface area contributed by atoms with Gasteiger partial charge in [-0.1, -0.05) is 23.2 Å². The Balaban J connectivity index is 2.87. The lowest BCUT2D eigenvalue weighted by Crippen LogP contribution is -2.24. The fourth-order valence-corrected chi connectivity index (χ4v) is 2.63. The SMILES string of the molecule is CCOC(=O)CS(=O)(=O)Nc1cc(Cl)c(O)c(Cl)c1. The van der Waals surface area contributed by atoms with Crippen LogP contribution in [-0.4, -0.2) is 31.9 Å². The lowest BCUT2D eigenvalue weighted by Gasteiger charge is -2.09. The zero-order valence-corrected chi connectivity index (χ0v) is 12.1. The highest BCUT2D eigenvalue weighted by Gasteiger charge is 2.18. The molecule has 0 saturated heterocycles. The summed E-state index contributed by atoms with van der Waals surface area (Å²) < 4.78 is 29.9. The number of aromatic hydroxyl groups is 1. The van der Waals surface area contributed by atoms with E-state index in [9.17, 15) is 18.3 Å². The smallest absolute Gasteiger partial charge is 0.323 e. The molecule has 1 aromatic rings. The van der Waals surface area contributed by atoms with Crippen LogP contribution >= 0.6 is 23.2 Å². The van der Waals surface area contributed by atoms with Crippen molar-refractivity contribution in [1.82, 2.24) is 0 Å². The first-order chi connectivity index (χ1) is 8.75. The van der Waals surface area contributed by atoms with Crippen molar-refractivity contribution in [3.8, 4) is 5.75 Å². The largest absolute Gasteiger partial charge is 0.505 e. The number of hydrogen-bond acceptors (Lipinski definition) is 5. The number of carbonyl (C=O) groups excluding carboxylic acids is 1. The van der Waals surface area contributed by atoms with E-state index in [0.717, 1.165) is 0 Å². The van der Waals surface area contributed by atoms with Gasteiger partial charge in [0.15, 0.2) is 11.5 Å². The third-order valence-corrected chi connectivity index (χ3v) is 3.64. The predicted octanol–water partition coefficient (Wildman–Crippen LogP) is 2.00. The average Bonchev–Trinajstić information content (AvgIpc) is 2.24. The minimum Gasteiger partial charge on any atom is -0.505 e. The molecule has 1 aromatic carbocycles. The van der Waals surface area contributed by atoms with Crippen LogP contribution in [0.4, 0.5) is 5.69 Å². The molecule has 0 aromatic heterocycles. The molecule has 0 amide bonds. The molecule has 9 heteroatoms. The molecule has 106 valence electrons. The van der Waals surface area contributed by atoms with Crippen molar-refractivity contribution >= 4 is 44.9 Å². The lowest BCUT2D eigenvalue weighted by atomic mass is 10.3. The van der Waals surface area contributed by atoms with Crippen LogP contribution in [0.15, 0.2) is 12.1 Å². The van der Waals surface area contributed by atoms with Crippen LogP contribution in [-0.2, 0) is 19.6 Å². The van der Waals surface area contributed by atoms with Crippen LogP contribution in [0.2, 0.25) is 10.0 Å². The second-order valence-corrected chi connectivity index (χ2v) is 5.99. The number of halogens is 2. The topological polar surface area (TPSA) is 92.7 Å². The van der Waals surface area contributed by atoms with Gasteiger partial charge in [-0.2, -0.15) is 0 Å². The van der Waals surface area contributed by atoms with Crippen LogP contribution in [0.25, 0.3) is 0 Å². The molecule has 0 spiro atoms. The fraction of sp³-hybridized carbons (Fsp3) is 0.300. The molecule has 0 aliphatic heterocycles. The van der Waals surface area contributed by atoms with Gasteiger partial charge in [0.05, 0.1) is 22.3 Å². The van der Waals surface area contributed by atoms with E-state index >= 15 is 0 Å². The fourth-order valence-electron chi connectivity index (χ4n) is 1.20. The quantitative estimate of drug-likeness (QED) is 0.637. The molecule has 2 N–H and O–H groups in total.